The average Bonchev–Trinajstić information content (AvgIpc) is 2.47. The Hall–Kier alpha value is -1.66. The minimum atomic E-state index is -2.22. The van der Waals surface area contributed by atoms with Gasteiger partial charge >= 0.3 is 11.9 Å². The molecule has 1 rings (SSSR count). The van der Waals surface area contributed by atoms with E-state index in [0.29, 0.717) is 0 Å². The molecule has 1 aromatic carbocycles. The molecule has 0 aromatic heterocycles. The molecule has 0 unspecified atom stereocenters. The largest absolute Gasteiger partial charge is 0.469 e. The first-order valence-electron chi connectivity index (χ1n) is 6.76. The Balaban J connectivity index is 2.83. The number of carbonyl (C=O) groups excluding carboxylic acids is 2. The van der Waals surface area contributed by atoms with Crippen molar-refractivity contribution in [1.82, 2.24) is 0 Å². The summed E-state index contributed by atoms with van der Waals surface area (Å²) in [5.74, 6) is -0.802. The monoisotopic (exact) mass is 310 g/mol. The first-order valence-corrected chi connectivity index (χ1v) is 9.67. The van der Waals surface area contributed by atoms with Crippen molar-refractivity contribution >= 4 is 25.4 Å². The lowest BCUT2D eigenvalue weighted by molar-refractivity contribution is -0.145. The molecule has 0 bridgehead atoms. The van der Waals surface area contributed by atoms with E-state index in [0.717, 1.165) is 5.19 Å². The first-order chi connectivity index (χ1) is 9.89. The van der Waals surface area contributed by atoms with Crippen LogP contribution in [0.2, 0.25) is 13.1 Å². The summed E-state index contributed by atoms with van der Waals surface area (Å²) in [4.78, 5) is 23.0. The van der Waals surface area contributed by atoms with Crippen molar-refractivity contribution in [3.05, 3.63) is 30.3 Å². The summed E-state index contributed by atoms with van der Waals surface area (Å²) < 4.78 is 15.4. The number of methoxy groups -OCH3 is 2. The Kier molecular flexibility index (Phi) is 6.58. The van der Waals surface area contributed by atoms with Gasteiger partial charge in [-0.2, -0.15) is 0 Å². The molecular formula is C15H22O5Si. The Bertz CT molecular complexity index is 454. The van der Waals surface area contributed by atoms with Crippen molar-refractivity contribution in [2.24, 2.45) is 0 Å². The molecule has 0 heterocycles. The number of rotatable bonds is 7. The fourth-order valence-electron chi connectivity index (χ4n) is 2.02. The summed E-state index contributed by atoms with van der Waals surface area (Å²) in [6, 6.07) is 9.83. The van der Waals surface area contributed by atoms with Crippen LogP contribution in [0.4, 0.5) is 0 Å². The van der Waals surface area contributed by atoms with Gasteiger partial charge in [-0.15, -0.1) is 0 Å². The molecule has 1 aromatic rings. The third kappa shape index (κ3) is 5.69. The molecule has 5 nitrogen and oxygen atoms in total. The molecule has 0 atom stereocenters. The lowest BCUT2D eigenvalue weighted by Crippen LogP contribution is -2.48. The van der Waals surface area contributed by atoms with Gasteiger partial charge in [0.25, 0.3) is 0 Å². The predicted octanol–water partition coefficient (Wildman–Crippen LogP) is 1.61. The van der Waals surface area contributed by atoms with Crippen molar-refractivity contribution in [2.45, 2.75) is 32.0 Å². The molecular weight excluding hydrogens is 288 g/mol. The molecule has 0 amide bonds. The Morgan fingerprint density at radius 1 is 1.00 bits per heavy atom. The summed E-state index contributed by atoms with van der Waals surface area (Å²) in [6.45, 7) is 4.06. The molecule has 6 heteroatoms. The fraction of sp³-hybridized carbons (Fsp3) is 0.467. The van der Waals surface area contributed by atoms with Crippen LogP contribution in [0.1, 0.15) is 12.8 Å². The van der Waals surface area contributed by atoms with E-state index in [-0.39, 0.29) is 12.8 Å². The minimum Gasteiger partial charge on any atom is -0.469 e. The highest BCUT2D eigenvalue weighted by Gasteiger charge is 2.31. The van der Waals surface area contributed by atoms with E-state index in [1.54, 1.807) is 0 Å². The van der Waals surface area contributed by atoms with Gasteiger partial charge in [0.05, 0.1) is 33.2 Å². The minimum absolute atomic E-state index is 0.0366. The predicted molar refractivity (Wildman–Crippen MR) is 81.7 cm³/mol. The third-order valence-electron chi connectivity index (χ3n) is 3.17. The maximum Gasteiger partial charge on any atom is 0.308 e. The molecule has 0 radical (unpaired) electrons. The zero-order chi connectivity index (χ0) is 15.9. The van der Waals surface area contributed by atoms with Crippen LogP contribution < -0.4 is 5.19 Å². The van der Waals surface area contributed by atoms with Crippen LogP contribution in [-0.2, 0) is 23.5 Å². The Morgan fingerprint density at radius 3 is 1.90 bits per heavy atom. The standard InChI is InChI=1S/C15H22O5Si/c1-18-14(16)10-12(11-15(17)19-2)20-21(3,4)13-8-6-5-7-9-13/h5-9,12H,10-11H2,1-4H3. The second kappa shape index (κ2) is 7.95. The van der Waals surface area contributed by atoms with Gasteiger partial charge in [-0.3, -0.25) is 9.59 Å². The van der Waals surface area contributed by atoms with Crippen LogP contribution >= 0.6 is 0 Å². The van der Waals surface area contributed by atoms with E-state index in [1.165, 1.54) is 14.2 Å². The van der Waals surface area contributed by atoms with Gasteiger partial charge in [-0.25, -0.2) is 0 Å². The second-order valence-corrected chi connectivity index (χ2v) is 9.01. The van der Waals surface area contributed by atoms with E-state index in [2.05, 4.69) is 9.47 Å². The normalized spacial score (nSPS) is 11.3. The van der Waals surface area contributed by atoms with E-state index < -0.39 is 26.4 Å². The molecule has 0 fully saturated rings. The first kappa shape index (κ1) is 17.4. The molecule has 0 saturated heterocycles. The van der Waals surface area contributed by atoms with Gasteiger partial charge in [0.15, 0.2) is 0 Å². The van der Waals surface area contributed by atoms with Crippen LogP contribution in [0.15, 0.2) is 30.3 Å². The smallest absolute Gasteiger partial charge is 0.308 e. The number of benzene rings is 1. The van der Waals surface area contributed by atoms with Gasteiger partial charge in [0, 0.05) is 0 Å². The number of carbonyl (C=O) groups is 2. The molecule has 0 N–H and O–H groups in total. The van der Waals surface area contributed by atoms with Gasteiger partial charge in [-0.05, 0) is 18.3 Å². The number of esters is 2. The summed E-state index contributed by atoms with van der Waals surface area (Å²) in [7, 11) is 0.416. The zero-order valence-electron chi connectivity index (χ0n) is 12.9. The number of ether oxygens (including phenoxy) is 2. The third-order valence-corrected chi connectivity index (χ3v) is 5.82. The topological polar surface area (TPSA) is 61.8 Å². The van der Waals surface area contributed by atoms with Crippen molar-refractivity contribution < 1.29 is 23.5 Å². The molecule has 0 aliphatic carbocycles. The van der Waals surface area contributed by atoms with E-state index in [9.17, 15) is 9.59 Å². The molecule has 0 spiro atoms. The average molecular weight is 310 g/mol. The molecule has 0 aliphatic rings. The van der Waals surface area contributed by atoms with Crippen LogP contribution in [0.5, 0.6) is 0 Å². The van der Waals surface area contributed by atoms with Gasteiger partial charge in [0.2, 0.25) is 8.32 Å². The quantitative estimate of drug-likeness (QED) is 0.565. The van der Waals surface area contributed by atoms with Gasteiger partial charge < -0.3 is 13.9 Å². The van der Waals surface area contributed by atoms with Crippen LogP contribution in [0, 0.1) is 0 Å². The number of hydrogen-bond acceptors (Lipinski definition) is 5. The second-order valence-electron chi connectivity index (χ2n) is 5.18. The zero-order valence-corrected chi connectivity index (χ0v) is 13.9. The highest BCUT2D eigenvalue weighted by atomic mass is 28.4. The van der Waals surface area contributed by atoms with Gasteiger partial charge in [0.1, 0.15) is 0 Å². The van der Waals surface area contributed by atoms with E-state index >= 15 is 0 Å². The highest BCUT2D eigenvalue weighted by molar-refractivity contribution is 6.84. The summed E-state index contributed by atoms with van der Waals surface area (Å²) in [5.41, 5.74) is 0. The van der Waals surface area contributed by atoms with Crippen LogP contribution in [-0.4, -0.2) is 40.6 Å². The molecule has 0 saturated carbocycles. The summed E-state index contributed by atoms with van der Waals surface area (Å²) >= 11 is 0. The van der Waals surface area contributed by atoms with Crippen molar-refractivity contribution in [3.8, 4) is 0 Å². The maximum atomic E-state index is 11.5. The lowest BCUT2D eigenvalue weighted by Gasteiger charge is -2.28. The van der Waals surface area contributed by atoms with Crippen molar-refractivity contribution in [2.75, 3.05) is 14.2 Å². The lowest BCUT2D eigenvalue weighted by atomic mass is 10.2. The van der Waals surface area contributed by atoms with Crippen molar-refractivity contribution in [3.63, 3.8) is 0 Å². The molecule has 21 heavy (non-hydrogen) atoms. The van der Waals surface area contributed by atoms with Crippen LogP contribution in [0.25, 0.3) is 0 Å². The molecule has 116 valence electrons. The Morgan fingerprint density at radius 2 is 1.48 bits per heavy atom. The van der Waals surface area contributed by atoms with Gasteiger partial charge in [-0.1, -0.05) is 30.3 Å². The van der Waals surface area contributed by atoms with E-state index in [1.807, 2.05) is 43.4 Å². The maximum absolute atomic E-state index is 11.5. The Labute approximate surface area is 126 Å². The SMILES string of the molecule is COC(=O)CC(CC(=O)OC)O[Si](C)(C)c1ccccc1. The highest BCUT2D eigenvalue weighted by Crippen LogP contribution is 2.15. The fourth-order valence-corrected chi connectivity index (χ4v) is 4.15. The summed E-state index contributed by atoms with van der Waals surface area (Å²) in [6.07, 6.45) is -0.462. The van der Waals surface area contributed by atoms with Crippen molar-refractivity contribution in [1.29, 1.82) is 0 Å². The summed E-state index contributed by atoms with van der Waals surface area (Å²) in [5, 5.41) is 1.10. The van der Waals surface area contributed by atoms with Crippen LogP contribution in [0.3, 0.4) is 0 Å². The number of hydrogen-bond donors (Lipinski definition) is 0. The van der Waals surface area contributed by atoms with E-state index in [4.69, 9.17) is 4.43 Å². The molecule has 0 aliphatic heterocycles.